The molecule has 2 heteroatoms. The van der Waals surface area contributed by atoms with Crippen LogP contribution in [0.25, 0.3) is 0 Å². The predicted octanol–water partition coefficient (Wildman–Crippen LogP) is 3.26. The first-order valence-electron chi connectivity index (χ1n) is 6.76. The van der Waals surface area contributed by atoms with Gasteiger partial charge in [-0.25, -0.2) is 0 Å². The lowest BCUT2D eigenvalue weighted by molar-refractivity contribution is 0.128. The van der Waals surface area contributed by atoms with E-state index in [1.54, 1.807) is 0 Å². The second-order valence-corrected chi connectivity index (χ2v) is 6.06. The quantitative estimate of drug-likeness (QED) is 0.691. The average molecular weight is 228 g/mol. The first kappa shape index (κ1) is 15.9. The molecule has 2 unspecified atom stereocenters. The van der Waals surface area contributed by atoms with Crippen molar-refractivity contribution >= 4 is 0 Å². The summed E-state index contributed by atoms with van der Waals surface area (Å²) in [6.45, 7) is 12.5. The van der Waals surface area contributed by atoms with Gasteiger partial charge in [-0.15, -0.1) is 0 Å². The van der Waals surface area contributed by atoms with Gasteiger partial charge in [-0.3, -0.25) is 0 Å². The lowest BCUT2D eigenvalue weighted by atomic mass is 9.96. The fraction of sp³-hybridized carbons (Fsp3) is 1.00. The molecule has 0 rings (SSSR count). The van der Waals surface area contributed by atoms with Gasteiger partial charge in [-0.05, 0) is 53.0 Å². The van der Waals surface area contributed by atoms with Crippen molar-refractivity contribution in [1.82, 2.24) is 4.90 Å². The van der Waals surface area contributed by atoms with E-state index in [0.29, 0.717) is 11.6 Å². The molecule has 2 N–H and O–H groups in total. The van der Waals surface area contributed by atoms with Crippen LogP contribution < -0.4 is 5.73 Å². The SMILES string of the molecule is CCC(C)(C)N(C)CC(C)CCCC(C)N. The highest BCUT2D eigenvalue weighted by Gasteiger charge is 2.22. The van der Waals surface area contributed by atoms with Gasteiger partial charge in [0, 0.05) is 18.1 Å². The summed E-state index contributed by atoms with van der Waals surface area (Å²) < 4.78 is 0. The van der Waals surface area contributed by atoms with E-state index in [1.807, 2.05) is 0 Å². The second kappa shape index (κ2) is 7.29. The number of hydrogen-bond donors (Lipinski definition) is 1. The van der Waals surface area contributed by atoms with Crippen LogP contribution in [0, 0.1) is 5.92 Å². The van der Waals surface area contributed by atoms with Crippen molar-refractivity contribution in [2.45, 2.75) is 71.9 Å². The monoisotopic (exact) mass is 228 g/mol. The molecule has 0 aromatic heterocycles. The molecule has 0 aromatic rings. The first-order chi connectivity index (χ1) is 7.29. The maximum absolute atomic E-state index is 5.76. The summed E-state index contributed by atoms with van der Waals surface area (Å²) in [5, 5.41) is 0. The zero-order valence-corrected chi connectivity index (χ0v) is 12.2. The summed E-state index contributed by atoms with van der Waals surface area (Å²) in [7, 11) is 2.24. The van der Waals surface area contributed by atoms with Crippen LogP contribution in [-0.2, 0) is 0 Å². The minimum absolute atomic E-state index is 0.329. The Morgan fingerprint density at radius 1 is 1.19 bits per heavy atom. The normalized spacial score (nSPS) is 16.5. The fourth-order valence-electron chi connectivity index (χ4n) is 1.86. The molecule has 0 saturated heterocycles. The molecule has 0 saturated carbocycles. The highest BCUT2D eigenvalue weighted by Crippen LogP contribution is 2.19. The molecular weight excluding hydrogens is 196 g/mol. The molecule has 0 aliphatic carbocycles. The maximum atomic E-state index is 5.76. The van der Waals surface area contributed by atoms with E-state index in [9.17, 15) is 0 Å². The highest BCUT2D eigenvalue weighted by atomic mass is 15.2. The molecule has 0 bridgehead atoms. The minimum atomic E-state index is 0.329. The van der Waals surface area contributed by atoms with Crippen LogP contribution in [-0.4, -0.2) is 30.1 Å². The van der Waals surface area contributed by atoms with Crippen molar-refractivity contribution in [3.8, 4) is 0 Å². The molecule has 0 aliphatic heterocycles. The summed E-state index contributed by atoms with van der Waals surface area (Å²) in [5.74, 6) is 0.773. The van der Waals surface area contributed by atoms with Gasteiger partial charge in [0.2, 0.25) is 0 Å². The van der Waals surface area contributed by atoms with Gasteiger partial charge in [-0.2, -0.15) is 0 Å². The van der Waals surface area contributed by atoms with Crippen LogP contribution in [0.15, 0.2) is 0 Å². The molecule has 98 valence electrons. The van der Waals surface area contributed by atoms with Crippen molar-refractivity contribution in [2.24, 2.45) is 11.7 Å². The van der Waals surface area contributed by atoms with Gasteiger partial charge >= 0.3 is 0 Å². The Bertz CT molecular complexity index is 176. The maximum Gasteiger partial charge on any atom is 0.0147 e. The van der Waals surface area contributed by atoms with Crippen LogP contribution in [0.3, 0.4) is 0 Å². The smallest absolute Gasteiger partial charge is 0.0147 e. The minimum Gasteiger partial charge on any atom is -0.328 e. The zero-order valence-electron chi connectivity index (χ0n) is 12.2. The first-order valence-corrected chi connectivity index (χ1v) is 6.76. The average Bonchev–Trinajstić information content (AvgIpc) is 2.16. The summed E-state index contributed by atoms with van der Waals surface area (Å²) in [5.41, 5.74) is 6.09. The van der Waals surface area contributed by atoms with E-state index in [2.05, 4.69) is 46.6 Å². The van der Waals surface area contributed by atoms with Crippen molar-refractivity contribution in [2.75, 3.05) is 13.6 Å². The van der Waals surface area contributed by atoms with Crippen LogP contribution >= 0.6 is 0 Å². The van der Waals surface area contributed by atoms with E-state index in [4.69, 9.17) is 5.73 Å². The molecule has 0 heterocycles. The molecule has 2 nitrogen and oxygen atoms in total. The van der Waals surface area contributed by atoms with Gasteiger partial charge < -0.3 is 10.6 Å². The van der Waals surface area contributed by atoms with Crippen LogP contribution in [0.1, 0.15) is 60.3 Å². The van der Waals surface area contributed by atoms with Crippen molar-refractivity contribution in [1.29, 1.82) is 0 Å². The van der Waals surface area contributed by atoms with E-state index < -0.39 is 0 Å². The van der Waals surface area contributed by atoms with Gasteiger partial charge in [0.25, 0.3) is 0 Å². The zero-order chi connectivity index (χ0) is 12.8. The fourth-order valence-corrected chi connectivity index (χ4v) is 1.86. The Hall–Kier alpha value is -0.0800. The van der Waals surface area contributed by atoms with E-state index in [-0.39, 0.29) is 0 Å². The molecule has 0 amide bonds. The van der Waals surface area contributed by atoms with Crippen molar-refractivity contribution in [3.63, 3.8) is 0 Å². The van der Waals surface area contributed by atoms with E-state index >= 15 is 0 Å². The third kappa shape index (κ3) is 6.49. The van der Waals surface area contributed by atoms with Crippen molar-refractivity contribution < 1.29 is 0 Å². The highest BCUT2D eigenvalue weighted by molar-refractivity contribution is 4.78. The van der Waals surface area contributed by atoms with Crippen LogP contribution in [0.5, 0.6) is 0 Å². The standard InChI is InChI=1S/C14H32N2/c1-7-14(4,5)16(6)11-12(2)9-8-10-13(3)15/h12-13H,7-11,15H2,1-6H3. The third-order valence-electron chi connectivity index (χ3n) is 3.84. The number of nitrogens with zero attached hydrogens (tertiary/aromatic N) is 1. The van der Waals surface area contributed by atoms with Gasteiger partial charge in [0.1, 0.15) is 0 Å². The Morgan fingerprint density at radius 3 is 2.19 bits per heavy atom. The van der Waals surface area contributed by atoms with E-state index in [0.717, 1.165) is 12.3 Å². The topological polar surface area (TPSA) is 29.3 Å². The van der Waals surface area contributed by atoms with Crippen LogP contribution in [0.2, 0.25) is 0 Å². The Kier molecular flexibility index (Phi) is 7.25. The van der Waals surface area contributed by atoms with Crippen LogP contribution in [0.4, 0.5) is 0 Å². The Labute approximate surface area is 103 Å². The lowest BCUT2D eigenvalue weighted by Crippen LogP contribution is -2.42. The molecule has 0 radical (unpaired) electrons. The second-order valence-electron chi connectivity index (χ2n) is 6.06. The van der Waals surface area contributed by atoms with Gasteiger partial charge in [0.15, 0.2) is 0 Å². The largest absolute Gasteiger partial charge is 0.328 e. The predicted molar refractivity (Wildman–Crippen MR) is 73.7 cm³/mol. The number of rotatable bonds is 8. The summed E-state index contributed by atoms with van der Waals surface area (Å²) >= 11 is 0. The molecular formula is C14H32N2. The molecule has 0 fully saturated rings. The van der Waals surface area contributed by atoms with Gasteiger partial charge in [0.05, 0.1) is 0 Å². The molecule has 0 aromatic carbocycles. The lowest BCUT2D eigenvalue weighted by Gasteiger charge is -2.36. The third-order valence-corrected chi connectivity index (χ3v) is 3.84. The van der Waals surface area contributed by atoms with E-state index in [1.165, 1.54) is 25.8 Å². The summed E-state index contributed by atoms with van der Waals surface area (Å²) in [6.07, 6.45) is 4.92. The molecule has 16 heavy (non-hydrogen) atoms. The van der Waals surface area contributed by atoms with Gasteiger partial charge in [-0.1, -0.05) is 20.3 Å². The number of nitrogens with two attached hydrogens (primary N) is 1. The molecule has 0 spiro atoms. The Morgan fingerprint density at radius 2 is 1.75 bits per heavy atom. The number of hydrogen-bond acceptors (Lipinski definition) is 2. The Balaban J connectivity index is 3.82. The molecule has 2 atom stereocenters. The molecule has 0 aliphatic rings. The summed E-state index contributed by atoms with van der Waals surface area (Å²) in [6, 6.07) is 0.358. The van der Waals surface area contributed by atoms with Crippen molar-refractivity contribution in [3.05, 3.63) is 0 Å². The summed E-state index contributed by atoms with van der Waals surface area (Å²) in [4.78, 5) is 2.49.